The molecule has 1 aliphatic rings. The predicted molar refractivity (Wildman–Crippen MR) is 149 cm³/mol. The number of aromatic hydroxyl groups is 1. The van der Waals surface area contributed by atoms with Crippen molar-refractivity contribution in [1.29, 1.82) is 0 Å². The summed E-state index contributed by atoms with van der Waals surface area (Å²) in [6, 6.07) is 9.37. The Kier molecular flexibility index (Phi) is 9.70. The maximum Gasteiger partial charge on any atom is 1.00 e. The summed E-state index contributed by atoms with van der Waals surface area (Å²) in [7, 11) is 0. The van der Waals surface area contributed by atoms with E-state index in [-0.39, 0.29) is 62.9 Å². The van der Waals surface area contributed by atoms with Gasteiger partial charge in [-0.1, -0.05) is 53.7 Å². The van der Waals surface area contributed by atoms with Crippen molar-refractivity contribution >= 4 is 28.5 Å². The first-order valence-electron chi connectivity index (χ1n) is 13.2. The van der Waals surface area contributed by atoms with Crippen LogP contribution in [0.25, 0.3) is 10.9 Å². The largest absolute Gasteiger partial charge is 1.00 e. The Hall–Kier alpha value is -2.77. The molecule has 12 heteroatoms. The summed E-state index contributed by atoms with van der Waals surface area (Å²) in [5.41, 5.74) is -0.000673. The SMILES string of the molecule is CC(C)(C)c1cc(C(C)(C)C)c(NC(=O)c2cn([C@H]3OC(C(=O)[O-])[C@@H](O)[C@H](O)C3O)c3ccccc3c2=O)cc1O.[Na+]. The number of anilines is 1. The van der Waals surface area contributed by atoms with Crippen molar-refractivity contribution in [2.45, 2.75) is 83.0 Å². The smallest absolute Gasteiger partial charge is 0.547 e. The fourth-order valence-electron chi connectivity index (χ4n) is 5.06. The number of hydrogen-bond acceptors (Lipinski definition) is 9. The average molecular weight is 591 g/mol. The van der Waals surface area contributed by atoms with Crippen molar-refractivity contribution in [1.82, 2.24) is 4.57 Å². The van der Waals surface area contributed by atoms with Crippen LogP contribution in [0.3, 0.4) is 0 Å². The van der Waals surface area contributed by atoms with Gasteiger partial charge in [-0.25, -0.2) is 0 Å². The van der Waals surface area contributed by atoms with Gasteiger partial charge in [-0.15, -0.1) is 0 Å². The molecular weight excluding hydrogens is 555 g/mol. The van der Waals surface area contributed by atoms with Gasteiger partial charge in [-0.2, -0.15) is 0 Å². The normalized spacial score (nSPS) is 22.8. The predicted octanol–water partition coefficient (Wildman–Crippen LogP) is -1.71. The van der Waals surface area contributed by atoms with Crippen LogP contribution in [0.15, 0.2) is 47.4 Å². The van der Waals surface area contributed by atoms with Crippen LogP contribution in [0, 0.1) is 0 Å². The number of ether oxygens (including phenoxy) is 1. The first kappa shape index (κ1) is 33.7. The third kappa shape index (κ3) is 6.28. The molecule has 1 aromatic heterocycles. The number of hydrogen-bond donors (Lipinski definition) is 5. The van der Waals surface area contributed by atoms with E-state index in [2.05, 4.69) is 5.32 Å². The molecule has 42 heavy (non-hydrogen) atoms. The molecule has 0 aliphatic carbocycles. The van der Waals surface area contributed by atoms with Gasteiger partial charge in [0.1, 0.15) is 35.7 Å². The monoisotopic (exact) mass is 590 g/mol. The Bertz CT molecular complexity index is 1570. The van der Waals surface area contributed by atoms with Crippen LogP contribution < -0.4 is 45.4 Å². The molecule has 4 rings (SSSR count). The zero-order chi connectivity index (χ0) is 30.6. The molecule has 0 spiro atoms. The standard InChI is InChI=1S/C30H36N2O9.Na/c1-29(2,3)16-11-17(30(4,5)6)20(33)12-18(16)31-26(38)15-13-32(19-10-8-7-9-14(19)21(15)34)27-24(37)22(35)23(36)25(41-27)28(39)40;/h7-13,22-25,27,33,35-37H,1-6H3,(H,31,38)(H,39,40);/q;+1/p-1/t22-,23-,24?,25?,27-;/m0./s1. The van der Waals surface area contributed by atoms with Crippen molar-refractivity contribution < 1.29 is 69.4 Å². The number of amides is 1. The molecular formula is C30H35N2NaO9. The quantitative estimate of drug-likeness (QED) is 0.221. The van der Waals surface area contributed by atoms with E-state index in [9.17, 15) is 39.9 Å². The summed E-state index contributed by atoms with van der Waals surface area (Å²) in [4.78, 5) is 38.7. The number of carboxylic acid groups (broad SMARTS) is 1. The van der Waals surface area contributed by atoms with Gasteiger partial charge in [0.2, 0.25) is 5.43 Å². The third-order valence-corrected chi connectivity index (χ3v) is 7.28. The molecule has 2 heterocycles. The van der Waals surface area contributed by atoms with Crippen LogP contribution in [0.2, 0.25) is 0 Å². The number of fused-ring (bicyclic) bond motifs is 1. The van der Waals surface area contributed by atoms with Gasteiger partial charge >= 0.3 is 29.6 Å². The second-order valence-electron chi connectivity index (χ2n) is 12.4. The molecule has 220 valence electrons. The van der Waals surface area contributed by atoms with Gasteiger partial charge in [-0.3, -0.25) is 9.59 Å². The van der Waals surface area contributed by atoms with E-state index in [0.29, 0.717) is 5.56 Å². The van der Waals surface area contributed by atoms with Gasteiger partial charge in [0.15, 0.2) is 6.23 Å². The van der Waals surface area contributed by atoms with Crippen molar-refractivity contribution in [3.63, 3.8) is 0 Å². The molecule has 0 radical (unpaired) electrons. The topological polar surface area (TPSA) is 181 Å². The van der Waals surface area contributed by atoms with Gasteiger partial charge in [0, 0.05) is 23.3 Å². The van der Waals surface area contributed by atoms with E-state index < -0.39 is 53.4 Å². The van der Waals surface area contributed by atoms with Crippen molar-refractivity contribution in [3.05, 3.63) is 69.5 Å². The number of carbonyl (C=O) groups is 2. The van der Waals surface area contributed by atoms with E-state index in [1.807, 2.05) is 47.6 Å². The molecule has 11 nitrogen and oxygen atoms in total. The zero-order valence-corrected chi connectivity index (χ0v) is 26.7. The Balaban J connectivity index is 0.00000484. The molecule has 1 aliphatic heterocycles. The van der Waals surface area contributed by atoms with Crippen molar-refractivity contribution in [2.24, 2.45) is 0 Å². The number of phenols is 1. The average Bonchev–Trinajstić information content (AvgIpc) is 2.86. The number of nitrogens with zero attached hydrogens (tertiary/aromatic N) is 1. The van der Waals surface area contributed by atoms with Crippen LogP contribution >= 0.6 is 0 Å². The molecule has 2 unspecified atom stereocenters. The van der Waals surface area contributed by atoms with Crippen molar-refractivity contribution in [3.8, 4) is 5.75 Å². The summed E-state index contributed by atoms with van der Waals surface area (Å²) in [5.74, 6) is -2.67. The minimum absolute atomic E-state index is 0. The van der Waals surface area contributed by atoms with Gasteiger partial charge < -0.3 is 44.9 Å². The second-order valence-corrected chi connectivity index (χ2v) is 12.4. The minimum Gasteiger partial charge on any atom is -0.547 e. The fourth-order valence-corrected chi connectivity index (χ4v) is 5.06. The second kappa shape index (κ2) is 12.1. The molecule has 0 bridgehead atoms. The van der Waals surface area contributed by atoms with E-state index in [1.165, 1.54) is 22.8 Å². The van der Waals surface area contributed by atoms with Crippen LogP contribution in [0.4, 0.5) is 5.69 Å². The van der Waals surface area contributed by atoms with Gasteiger partial charge in [-0.05, 0) is 40.2 Å². The van der Waals surface area contributed by atoms with Crippen LogP contribution in [0.1, 0.15) is 69.3 Å². The molecule has 5 atom stereocenters. The number of carbonyl (C=O) groups excluding carboxylic acids is 2. The molecule has 5 N–H and O–H groups in total. The molecule has 0 saturated carbocycles. The van der Waals surface area contributed by atoms with Gasteiger partial charge in [0.25, 0.3) is 5.91 Å². The zero-order valence-electron chi connectivity index (χ0n) is 24.7. The summed E-state index contributed by atoms with van der Waals surface area (Å²) in [6.07, 6.45) is -8.21. The summed E-state index contributed by atoms with van der Waals surface area (Å²) in [5, 5.41) is 56.4. The maximum absolute atomic E-state index is 13.7. The number of phenolic OH excluding ortho intramolecular Hbond substituents is 1. The van der Waals surface area contributed by atoms with Crippen LogP contribution in [0.5, 0.6) is 5.75 Å². The number of aromatic nitrogens is 1. The summed E-state index contributed by atoms with van der Waals surface area (Å²) < 4.78 is 6.60. The molecule has 1 saturated heterocycles. The number of carboxylic acids is 1. The number of aliphatic carboxylic acids is 1. The summed E-state index contributed by atoms with van der Waals surface area (Å²) >= 11 is 0. The Labute approximate surface area is 265 Å². The first-order valence-corrected chi connectivity index (χ1v) is 13.2. The van der Waals surface area contributed by atoms with Gasteiger partial charge in [0.05, 0.1) is 11.5 Å². The molecule has 3 aromatic rings. The maximum atomic E-state index is 13.7. The Morgan fingerprint density at radius 2 is 1.52 bits per heavy atom. The fraction of sp³-hybridized carbons (Fsp3) is 0.433. The number of benzene rings is 2. The molecule has 1 fully saturated rings. The first-order chi connectivity index (χ1) is 18.9. The number of nitrogens with one attached hydrogen (secondary N) is 1. The summed E-state index contributed by atoms with van der Waals surface area (Å²) in [6.45, 7) is 11.7. The van der Waals surface area contributed by atoms with Crippen molar-refractivity contribution in [2.75, 3.05) is 5.32 Å². The van der Waals surface area contributed by atoms with Crippen LogP contribution in [-0.4, -0.2) is 61.3 Å². The van der Waals surface area contributed by atoms with E-state index in [0.717, 1.165) is 11.8 Å². The Morgan fingerprint density at radius 3 is 2.10 bits per heavy atom. The number of aliphatic hydroxyl groups excluding tert-OH is 3. The minimum atomic E-state index is -1.99. The third-order valence-electron chi connectivity index (χ3n) is 7.28. The van der Waals surface area contributed by atoms with E-state index >= 15 is 0 Å². The number of rotatable bonds is 4. The number of aliphatic hydroxyl groups is 3. The van der Waals surface area contributed by atoms with E-state index in [1.54, 1.807) is 12.1 Å². The Morgan fingerprint density at radius 1 is 0.929 bits per heavy atom. The molecule has 1 amide bonds. The molecule has 2 aromatic carbocycles. The number of pyridine rings is 1. The van der Waals surface area contributed by atoms with E-state index in [4.69, 9.17) is 4.74 Å². The number of para-hydroxylation sites is 1. The van der Waals surface area contributed by atoms with Crippen LogP contribution in [-0.2, 0) is 20.4 Å².